The van der Waals surface area contributed by atoms with Gasteiger partial charge in [0.25, 0.3) is 0 Å². The van der Waals surface area contributed by atoms with Crippen molar-refractivity contribution in [2.45, 2.75) is 32.9 Å². The van der Waals surface area contributed by atoms with Gasteiger partial charge in [0, 0.05) is 23.8 Å². The predicted molar refractivity (Wildman–Crippen MR) is 85.0 cm³/mol. The lowest BCUT2D eigenvalue weighted by Crippen LogP contribution is -2.35. The number of ether oxygens (including phenoxy) is 1. The molecule has 1 aromatic heterocycles. The summed E-state index contributed by atoms with van der Waals surface area (Å²) in [5.41, 5.74) is 0.951. The van der Waals surface area contributed by atoms with E-state index in [0.29, 0.717) is 22.6 Å². The molecule has 21 heavy (non-hydrogen) atoms. The molecule has 5 heteroatoms. The predicted octanol–water partition coefficient (Wildman–Crippen LogP) is 4.66. The number of hydrogen-bond donors (Lipinski definition) is 1. The van der Waals surface area contributed by atoms with Gasteiger partial charge in [-0.25, -0.2) is 9.37 Å². The van der Waals surface area contributed by atoms with Crippen LogP contribution >= 0.6 is 15.9 Å². The molecule has 2 rings (SSSR count). The fourth-order valence-electron chi connectivity index (χ4n) is 1.67. The fraction of sp³-hybridized carbons (Fsp3) is 0.312. The molecule has 0 fully saturated rings. The van der Waals surface area contributed by atoms with Crippen molar-refractivity contribution in [2.24, 2.45) is 0 Å². The van der Waals surface area contributed by atoms with Crippen molar-refractivity contribution in [3.8, 4) is 11.6 Å². The zero-order valence-corrected chi connectivity index (χ0v) is 13.9. The first-order valence-electron chi connectivity index (χ1n) is 6.67. The van der Waals surface area contributed by atoms with Crippen LogP contribution in [-0.4, -0.2) is 10.5 Å². The Labute approximate surface area is 132 Å². The normalized spacial score (nSPS) is 11.5. The van der Waals surface area contributed by atoms with Crippen molar-refractivity contribution >= 4 is 15.9 Å². The van der Waals surface area contributed by atoms with Crippen molar-refractivity contribution in [3.05, 3.63) is 52.4 Å². The van der Waals surface area contributed by atoms with Crippen LogP contribution in [0.3, 0.4) is 0 Å². The summed E-state index contributed by atoms with van der Waals surface area (Å²) in [6.45, 7) is 6.94. The highest BCUT2D eigenvalue weighted by molar-refractivity contribution is 9.10. The number of nitrogens with zero attached hydrogens (tertiary/aromatic N) is 1. The Morgan fingerprint density at radius 2 is 2.05 bits per heavy atom. The Morgan fingerprint density at radius 1 is 1.29 bits per heavy atom. The van der Waals surface area contributed by atoms with Gasteiger partial charge in [-0.05, 0) is 61.0 Å². The minimum absolute atomic E-state index is 0.00354. The number of hydrogen-bond acceptors (Lipinski definition) is 3. The van der Waals surface area contributed by atoms with Gasteiger partial charge in [0.15, 0.2) is 0 Å². The van der Waals surface area contributed by atoms with Crippen molar-refractivity contribution < 1.29 is 9.13 Å². The summed E-state index contributed by atoms with van der Waals surface area (Å²) in [7, 11) is 0. The smallest absolute Gasteiger partial charge is 0.223 e. The summed E-state index contributed by atoms with van der Waals surface area (Å²) < 4.78 is 19.5. The molecule has 1 N–H and O–H groups in total. The number of pyridine rings is 1. The van der Waals surface area contributed by atoms with E-state index >= 15 is 0 Å². The van der Waals surface area contributed by atoms with Crippen molar-refractivity contribution in [2.75, 3.05) is 0 Å². The molecule has 0 aliphatic heterocycles. The van der Waals surface area contributed by atoms with Gasteiger partial charge >= 0.3 is 0 Å². The van der Waals surface area contributed by atoms with Crippen molar-refractivity contribution in [3.63, 3.8) is 0 Å². The first-order valence-corrected chi connectivity index (χ1v) is 7.46. The molecule has 3 nitrogen and oxygen atoms in total. The zero-order chi connectivity index (χ0) is 15.5. The second-order valence-corrected chi connectivity index (χ2v) is 6.60. The molecule has 0 aliphatic carbocycles. The summed E-state index contributed by atoms with van der Waals surface area (Å²) >= 11 is 3.29. The summed E-state index contributed by atoms with van der Waals surface area (Å²) in [6.07, 6.45) is 1.67. The van der Waals surface area contributed by atoms with E-state index in [0.717, 1.165) is 5.56 Å². The van der Waals surface area contributed by atoms with Gasteiger partial charge in [-0.3, -0.25) is 0 Å². The van der Waals surface area contributed by atoms with E-state index in [4.69, 9.17) is 4.74 Å². The van der Waals surface area contributed by atoms with E-state index in [1.807, 2.05) is 12.1 Å². The maximum atomic E-state index is 13.1. The SMILES string of the molecule is CC(C)(C)NCc1cccnc1Oc1ccc(F)cc1Br. The molecular formula is C16H18BrFN2O. The quantitative estimate of drug-likeness (QED) is 0.868. The van der Waals surface area contributed by atoms with E-state index in [-0.39, 0.29) is 11.4 Å². The summed E-state index contributed by atoms with van der Waals surface area (Å²) in [6, 6.07) is 8.13. The lowest BCUT2D eigenvalue weighted by atomic mass is 10.1. The highest BCUT2D eigenvalue weighted by Gasteiger charge is 2.13. The summed E-state index contributed by atoms with van der Waals surface area (Å²) in [5, 5.41) is 3.40. The topological polar surface area (TPSA) is 34.2 Å². The van der Waals surface area contributed by atoms with E-state index in [2.05, 4.69) is 47.0 Å². The monoisotopic (exact) mass is 352 g/mol. The Balaban J connectivity index is 2.20. The van der Waals surface area contributed by atoms with Crippen LogP contribution in [0.4, 0.5) is 4.39 Å². The molecule has 1 aromatic carbocycles. The Morgan fingerprint density at radius 3 is 2.71 bits per heavy atom. The molecule has 0 saturated heterocycles. The molecule has 2 aromatic rings. The van der Waals surface area contributed by atoms with E-state index in [1.54, 1.807) is 12.3 Å². The first kappa shape index (κ1) is 15.9. The van der Waals surface area contributed by atoms with Gasteiger partial charge in [-0.1, -0.05) is 6.07 Å². The second kappa shape index (κ2) is 6.54. The van der Waals surface area contributed by atoms with E-state index in [9.17, 15) is 4.39 Å². The van der Waals surface area contributed by atoms with Gasteiger partial charge in [0.1, 0.15) is 11.6 Å². The van der Waals surface area contributed by atoms with Gasteiger partial charge in [0.05, 0.1) is 4.47 Å². The number of rotatable bonds is 4. The van der Waals surface area contributed by atoms with Gasteiger partial charge in [0.2, 0.25) is 5.88 Å². The van der Waals surface area contributed by atoms with Gasteiger partial charge in [-0.2, -0.15) is 0 Å². The molecule has 0 radical (unpaired) electrons. The first-order chi connectivity index (χ1) is 9.85. The van der Waals surface area contributed by atoms with E-state index in [1.165, 1.54) is 12.1 Å². The average molecular weight is 353 g/mol. The Bertz CT molecular complexity index is 626. The molecular weight excluding hydrogens is 335 g/mol. The van der Waals surface area contributed by atoms with Crippen LogP contribution in [0.1, 0.15) is 26.3 Å². The molecule has 0 spiro atoms. The maximum Gasteiger partial charge on any atom is 0.223 e. The number of aromatic nitrogens is 1. The van der Waals surface area contributed by atoms with E-state index < -0.39 is 0 Å². The molecule has 0 aliphatic rings. The van der Waals surface area contributed by atoms with Crippen molar-refractivity contribution in [1.29, 1.82) is 0 Å². The molecule has 0 atom stereocenters. The minimum Gasteiger partial charge on any atom is -0.438 e. The fourth-order valence-corrected chi connectivity index (χ4v) is 2.10. The lowest BCUT2D eigenvalue weighted by Gasteiger charge is -2.21. The van der Waals surface area contributed by atoms with Crippen LogP contribution in [0.25, 0.3) is 0 Å². The summed E-state index contributed by atoms with van der Waals surface area (Å²) in [5.74, 6) is 0.735. The van der Waals surface area contributed by atoms with Crippen LogP contribution in [0.5, 0.6) is 11.6 Å². The van der Waals surface area contributed by atoms with Crippen molar-refractivity contribution in [1.82, 2.24) is 10.3 Å². The largest absolute Gasteiger partial charge is 0.438 e. The third-order valence-corrected chi connectivity index (χ3v) is 3.38. The Hall–Kier alpha value is -1.46. The average Bonchev–Trinajstić information content (AvgIpc) is 2.40. The molecule has 0 saturated carbocycles. The molecule has 0 amide bonds. The highest BCUT2D eigenvalue weighted by Crippen LogP contribution is 2.30. The molecule has 112 valence electrons. The standard InChI is InChI=1S/C16H18BrFN2O/c1-16(2,3)20-10-11-5-4-8-19-15(11)21-14-7-6-12(18)9-13(14)17/h4-9,20H,10H2,1-3H3. The van der Waals surface area contributed by atoms with Gasteiger partial charge in [-0.15, -0.1) is 0 Å². The van der Waals surface area contributed by atoms with Crippen LogP contribution in [0.15, 0.2) is 41.0 Å². The third-order valence-electron chi connectivity index (χ3n) is 2.76. The zero-order valence-electron chi connectivity index (χ0n) is 12.3. The number of nitrogens with one attached hydrogen (secondary N) is 1. The van der Waals surface area contributed by atoms with Gasteiger partial charge < -0.3 is 10.1 Å². The van der Waals surface area contributed by atoms with Crippen LogP contribution in [-0.2, 0) is 6.54 Å². The van der Waals surface area contributed by atoms with Crippen LogP contribution in [0, 0.1) is 5.82 Å². The molecule has 1 heterocycles. The van der Waals surface area contributed by atoms with Crippen LogP contribution < -0.4 is 10.1 Å². The van der Waals surface area contributed by atoms with Crippen LogP contribution in [0.2, 0.25) is 0 Å². The highest BCUT2D eigenvalue weighted by atomic mass is 79.9. The number of benzene rings is 1. The maximum absolute atomic E-state index is 13.1. The Kier molecular flexibility index (Phi) is 4.96. The second-order valence-electron chi connectivity index (χ2n) is 5.75. The minimum atomic E-state index is -0.315. The number of halogens is 2. The molecule has 0 bridgehead atoms. The summed E-state index contributed by atoms with van der Waals surface area (Å²) in [4.78, 5) is 4.26. The third kappa shape index (κ3) is 4.79. The lowest BCUT2D eigenvalue weighted by molar-refractivity contribution is 0.408. The molecule has 0 unspecified atom stereocenters.